The smallest absolute Gasteiger partial charge is 0.192 e. The highest BCUT2D eigenvalue weighted by atomic mass is 32.2. The number of nitrogens with one attached hydrogen (secondary N) is 1. The minimum atomic E-state index is 0.0450. The molecule has 2 aromatic heterocycles. The summed E-state index contributed by atoms with van der Waals surface area (Å²) in [6.45, 7) is 6.89. The number of anilines is 1. The molecule has 9 heteroatoms. The molecule has 1 N–H and O–H groups in total. The van der Waals surface area contributed by atoms with Gasteiger partial charge in [0, 0.05) is 24.0 Å². The number of hydrazine groups is 1. The van der Waals surface area contributed by atoms with E-state index < -0.39 is 0 Å². The molecule has 1 aliphatic heterocycles. The van der Waals surface area contributed by atoms with Crippen LogP contribution in [0.15, 0.2) is 59.7 Å². The van der Waals surface area contributed by atoms with Gasteiger partial charge in [-0.1, -0.05) is 11.8 Å². The average Bonchev–Trinajstić information content (AvgIpc) is 3.41. The molecule has 30 heavy (non-hydrogen) atoms. The lowest BCUT2D eigenvalue weighted by Gasteiger charge is -2.19. The molecule has 0 amide bonds. The van der Waals surface area contributed by atoms with Crippen molar-refractivity contribution in [3.63, 3.8) is 0 Å². The van der Waals surface area contributed by atoms with E-state index in [-0.39, 0.29) is 5.25 Å². The van der Waals surface area contributed by atoms with Gasteiger partial charge in [0.15, 0.2) is 16.7 Å². The number of aryl methyl sites for hydroxylation is 1. The predicted molar refractivity (Wildman–Crippen MR) is 117 cm³/mol. The molecular formula is C21H24N6O2S. The molecule has 0 aliphatic carbocycles. The van der Waals surface area contributed by atoms with Gasteiger partial charge in [0.1, 0.15) is 11.4 Å². The lowest BCUT2D eigenvalue weighted by Crippen LogP contribution is -2.28. The van der Waals surface area contributed by atoms with Gasteiger partial charge in [-0.05, 0) is 57.2 Å². The summed E-state index contributed by atoms with van der Waals surface area (Å²) in [6.07, 6.45) is 3.63. The zero-order valence-electron chi connectivity index (χ0n) is 17.4. The van der Waals surface area contributed by atoms with Crippen LogP contribution in [0.5, 0.6) is 5.75 Å². The van der Waals surface area contributed by atoms with Gasteiger partial charge < -0.3 is 14.1 Å². The highest BCUT2D eigenvalue weighted by molar-refractivity contribution is 7.99. The SMILES string of the molecule is CCn1c(SC(C)C2=CNN(c3ccnc(C)c3)O2)nnc1-c1ccc(OC)cc1. The van der Waals surface area contributed by atoms with Crippen LogP contribution in [0.1, 0.15) is 19.5 Å². The molecule has 0 saturated heterocycles. The summed E-state index contributed by atoms with van der Waals surface area (Å²) in [5.74, 6) is 2.46. The van der Waals surface area contributed by atoms with E-state index in [0.29, 0.717) is 0 Å². The van der Waals surface area contributed by atoms with Crippen LogP contribution < -0.4 is 15.3 Å². The molecular weight excluding hydrogens is 400 g/mol. The van der Waals surface area contributed by atoms with Crippen LogP contribution in [0.3, 0.4) is 0 Å². The third-order valence-corrected chi connectivity index (χ3v) is 5.80. The first-order valence-electron chi connectivity index (χ1n) is 9.70. The van der Waals surface area contributed by atoms with E-state index in [9.17, 15) is 0 Å². The van der Waals surface area contributed by atoms with Crippen LogP contribution in [0, 0.1) is 6.92 Å². The van der Waals surface area contributed by atoms with Crippen molar-refractivity contribution in [2.45, 2.75) is 37.7 Å². The number of ether oxygens (including phenoxy) is 1. The third kappa shape index (κ3) is 4.06. The zero-order valence-corrected chi connectivity index (χ0v) is 18.2. The standard InChI is InChI=1S/C21H24N6O2S/c1-5-26-20(16-6-8-18(28-4)9-7-16)24-25-21(26)30-15(3)19-13-23-27(29-19)17-10-11-22-14(2)12-17/h6-13,15,23H,5H2,1-4H3. The summed E-state index contributed by atoms with van der Waals surface area (Å²) >= 11 is 1.61. The van der Waals surface area contributed by atoms with Gasteiger partial charge in [-0.3, -0.25) is 10.4 Å². The van der Waals surface area contributed by atoms with Crippen LogP contribution in [0.2, 0.25) is 0 Å². The first kappa shape index (κ1) is 20.1. The Morgan fingerprint density at radius 1 is 1.20 bits per heavy atom. The van der Waals surface area contributed by atoms with E-state index in [4.69, 9.17) is 9.57 Å². The summed E-state index contributed by atoms with van der Waals surface area (Å²) in [5.41, 5.74) is 5.96. The monoisotopic (exact) mass is 424 g/mol. The van der Waals surface area contributed by atoms with Crippen LogP contribution in [-0.4, -0.2) is 32.1 Å². The number of nitrogens with zero attached hydrogens (tertiary/aromatic N) is 5. The Balaban J connectivity index is 1.47. The first-order chi connectivity index (χ1) is 14.6. The summed E-state index contributed by atoms with van der Waals surface area (Å²) in [7, 11) is 1.66. The Hall–Kier alpha value is -3.20. The molecule has 3 aromatic rings. The van der Waals surface area contributed by atoms with Crippen molar-refractivity contribution in [3.8, 4) is 17.1 Å². The highest BCUT2D eigenvalue weighted by Gasteiger charge is 2.25. The maximum atomic E-state index is 5.99. The van der Waals surface area contributed by atoms with Crippen molar-refractivity contribution in [2.75, 3.05) is 12.3 Å². The van der Waals surface area contributed by atoms with Gasteiger partial charge in [-0.2, -0.15) is 0 Å². The Morgan fingerprint density at radius 2 is 2.00 bits per heavy atom. The molecule has 0 spiro atoms. The molecule has 4 rings (SSSR count). The van der Waals surface area contributed by atoms with E-state index in [1.165, 1.54) is 0 Å². The summed E-state index contributed by atoms with van der Waals surface area (Å²) in [6, 6.07) is 11.7. The number of benzene rings is 1. The number of hydrogen-bond donors (Lipinski definition) is 1. The second kappa shape index (κ2) is 8.66. The molecule has 1 aliphatic rings. The zero-order chi connectivity index (χ0) is 21.1. The molecule has 0 bridgehead atoms. The number of hydrogen-bond acceptors (Lipinski definition) is 8. The fourth-order valence-electron chi connectivity index (χ4n) is 3.09. The normalized spacial score (nSPS) is 14.1. The fourth-order valence-corrected chi connectivity index (χ4v) is 4.06. The molecule has 0 fully saturated rings. The van der Waals surface area contributed by atoms with Crippen molar-refractivity contribution in [1.29, 1.82) is 0 Å². The van der Waals surface area contributed by atoms with Crippen molar-refractivity contribution < 1.29 is 9.57 Å². The lowest BCUT2D eigenvalue weighted by molar-refractivity contribution is 0.187. The Morgan fingerprint density at radius 3 is 2.70 bits per heavy atom. The molecule has 0 saturated carbocycles. The Labute approximate surface area is 179 Å². The molecule has 156 valence electrons. The quantitative estimate of drug-likeness (QED) is 0.571. The number of thioether (sulfide) groups is 1. The van der Waals surface area contributed by atoms with Crippen LogP contribution in [0.25, 0.3) is 11.4 Å². The second-order valence-electron chi connectivity index (χ2n) is 6.76. The van der Waals surface area contributed by atoms with Crippen LogP contribution in [-0.2, 0) is 11.4 Å². The first-order valence-corrected chi connectivity index (χ1v) is 10.6. The number of methoxy groups -OCH3 is 1. The van der Waals surface area contributed by atoms with Crippen LogP contribution in [0.4, 0.5) is 5.69 Å². The van der Waals surface area contributed by atoms with E-state index >= 15 is 0 Å². The van der Waals surface area contributed by atoms with Crippen molar-refractivity contribution >= 4 is 17.4 Å². The average molecular weight is 425 g/mol. The highest BCUT2D eigenvalue weighted by Crippen LogP contribution is 2.32. The van der Waals surface area contributed by atoms with E-state index in [0.717, 1.165) is 46.0 Å². The maximum absolute atomic E-state index is 5.99. The Bertz CT molecular complexity index is 1050. The number of aromatic nitrogens is 4. The van der Waals surface area contributed by atoms with E-state index in [1.807, 2.05) is 49.5 Å². The van der Waals surface area contributed by atoms with Gasteiger partial charge in [-0.25, -0.2) is 0 Å². The third-order valence-electron chi connectivity index (χ3n) is 4.70. The van der Waals surface area contributed by atoms with E-state index in [2.05, 4.69) is 39.0 Å². The molecule has 0 radical (unpaired) electrons. The molecule has 1 unspecified atom stereocenters. The van der Waals surface area contributed by atoms with E-state index in [1.54, 1.807) is 30.2 Å². The van der Waals surface area contributed by atoms with Crippen LogP contribution >= 0.6 is 11.8 Å². The minimum Gasteiger partial charge on any atom is -0.497 e. The second-order valence-corrected chi connectivity index (χ2v) is 8.06. The van der Waals surface area contributed by atoms with Gasteiger partial charge in [-0.15, -0.1) is 15.4 Å². The summed E-state index contributed by atoms with van der Waals surface area (Å²) in [4.78, 5) is 10.2. The fraction of sp³-hybridized carbons (Fsp3) is 0.286. The summed E-state index contributed by atoms with van der Waals surface area (Å²) in [5, 5.41) is 11.4. The molecule has 8 nitrogen and oxygen atoms in total. The maximum Gasteiger partial charge on any atom is 0.192 e. The lowest BCUT2D eigenvalue weighted by atomic mass is 10.2. The predicted octanol–water partition coefficient (Wildman–Crippen LogP) is 3.96. The van der Waals surface area contributed by atoms with Crippen molar-refractivity contribution in [3.05, 3.63) is 60.2 Å². The largest absolute Gasteiger partial charge is 0.497 e. The van der Waals surface area contributed by atoms with Gasteiger partial charge in [0.05, 0.1) is 18.6 Å². The molecule has 1 aromatic carbocycles. The molecule has 1 atom stereocenters. The topological polar surface area (TPSA) is 77.3 Å². The van der Waals surface area contributed by atoms with Crippen molar-refractivity contribution in [2.24, 2.45) is 0 Å². The molecule has 3 heterocycles. The number of pyridine rings is 1. The minimum absolute atomic E-state index is 0.0450. The van der Waals surface area contributed by atoms with Gasteiger partial charge in [0.2, 0.25) is 0 Å². The summed E-state index contributed by atoms with van der Waals surface area (Å²) < 4.78 is 7.35. The number of rotatable bonds is 7. The van der Waals surface area contributed by atoms with Gasteiger partial charge in [0.25, 0.3) is 0 Å². The van der Waals surface area contributed by atoms with Gasteiger partial charge >= 0.3 is 0 Å². The Kier molecular flexibility index (Phi) is 5.80. The van der Waals surface area contributed by atoms with Crippen molar-refractivity contribution in [1.82, 2.24) is 25.2 Å².